The van der Waals surface area contributed by atoms with Crippen molar-refractivity contribution in [3.05, 3.63) is 66.1 Å². The number of aliphatic carboxylic acids is 1. The molecule has 0 aliphatic heterocycles. The third-order valence-corrected chi connectivity index (χ3v) is 6.57. The number of carboxylic acid groups (broad SMARTS) is 1. The molecule has 1 atom stereocenters. The lowest BCUT2D eigenvalue weighted by molar-refractivity contribution is -0.140. The minimum Gasteiger partial charge on any atom is -0.481 e. The molecule has 1 unspecified atom stereocenters. The van der Waals surface area contributed by atoms with Gasteiger partial charge in [-0.25, -0.2) is 9.97 Å². The molecule has 0 bridgehead atoms. The predicted molar refractivity (Wildman–Crippen MR) is 136 cm³/mol. The minimum absolute atomic E-state index is 0.0563. The third-order valence-electron chi connectivity index (χ3n) is 5.66. The Hall–Kier alpha value is -4.32. The highest BCUT2D eigenvalue weighted by atomic mass is 32.1. The number of furan rings is 1. The molecule has 0 saturated heterocycles. The SMILES string of the molecule is COc1ccc(-c2ccc(OC(F)F)cc2-c2csc(N(C)C(=O)C(CC(=O)O)Cc3ccco3)n2)cn1. The maximum Gasteiger partial charge on any atom is 0.387 e. The third kappa shape index (κ3) is 6.32. The Morgan fingerprint density at radius 1 is 1.18 bits per heavy atom. The monoisotopic (exact) mass is 543 g/mol. The number of anilines is 1. The number of carboxylic acids is 1. The molecule has 38 heavy (non-hydrogen) atoms. The van der Waals surface area contributed by atoms with Crippen LogP contribution in [0.5, 0.6) is 11.6 Å². The molecule has 0 spiro atoms. The highest BCUT2D eigenvalue weighted by Gasteiger charge is 2.28. The van der Waals surface area contributed by atoms with Crippen LogP contribution in [0.3, 0.4) is 0 Å². The second-order valence-electron chi connectivity index (χ2n) is 8.17. The van der Waals surface area contributed by atoms with Crippen LogP contribution in [0, 0.1) is 5.92 Å². The van der Waals surface area contributed by atoms with Gasteiger partial charge in [0.25, 0.3) is 0 Å². The molecule has 4 aromatic rings. The van der Waals surface area contributed by atoms with Gasteiger partial charge in [-0.05, 0) is 42.0 Å². The number of hydrogen-bond donors (Lipinski definition) is 1. The van der Waals surface area contributed by atoms with Gasteiger partial charge in [-0.15, -0.1) is 11.3 Å². The van der Waals surface area contributed by atoms with Crippen molar-refractivity contribution in [2.45, 2.75) is 19.5 Å². The number of alkyl halides is 2. The summed E-state index contributed by atoms with van der Waals surface area (Å²) >= 11 is 1.15. The standard InChI is InChI=1S/C26H23F2N3O6S/c1-31(24(34)16(11-23(32)33)10-17-4-3-9-36-17)26-30-21(14-38-26)20-12-18(37-25(27)28)6-7-19(20)15-5-8-22(35-2)29-13-15/h3-9,12-14,16,25H,10-11H2,1-2H3,(H,32,33). The van der Waals surface area contributed by atoms with E-state index in [2.05, 4.69) is 14.7 Å². The molecule has 1 N–H and O–H groups in total. The van der Waals surface area contributed by atoms with E-state index in [0.29, 0.717) is 39.2 Å². The average Bonchev–Trinajstić information content (AvgIpc) is 3.59. The summed E-state index contributed by atoms with van der Waals surface area (Å²) in [4.78, 5) is 34.7. The number of methoxy groups -OCH3 is 1. The number of carbonyl (C=O) groups is 2. The van der Waals surface area contributed by atoms with Crippen LogP contribution >= 0.6 is 11.3 Å². The lowest BCUT2D eigenvalue weighted by atomic mass is 9.98. The molecule has 0 fully saturated rings. The Bertz CT molecular complexity index is 1390. The van der Waals surface area contributed by atoms with E-state index in [0.717, 1.165) is 11.3 Å². The highest BCUT2D eigenvalue weighted by molar-refractivity contribution is 7.14. The van der Waals surface area contributed by atoms with E-state index >= 15 is 0 Å². The van der Waals surface area contributed by atoms with E-state index in [-0.39, 0.29) is 18.6 Å². The predicted octanol–water partition coefficient (Wildman–Crippen LogP) is 5.37. The summed E-state index contributed by atoms with van der Waals surface area (Å²) in [5, 5.41) is 11.3. The number of halogens is 2. The first-order valence-corrected chi connectivity index (χ1v) is 12.2. The van der Waals surface area contributed by atoms with Gasteiger partial charge in [0.2, 0.25) is 11.8 Å². The summed E-state index contributed by atoms with van der Waals surface area (Å²) in [7, 11) is 3.00. The van der Waals surface area contributed by atoms with Crippen molar-refractivity contribution in [2.24, 2.45) is 5.92 Å². The Kier molecular flexibility index (Phi) is 8.31. The van der Waals surface area contributed by atoms with E-state index in [4.69, 9.17) is 9.15 Å². The smallest absolute Gasteiger partial charge is 0.387 e. The van der Waals surface area contributed by atoms with Crippen molar-refractivity contribution in [3.8, 4) is 34.0 Å². The molecule has 3 heterocycles. The summed E-state index contributed by atoms with van der Waals surface area (Å²) in [6.45, 7) is -3.01. The largest absolute Gasteiger partial charge is 0.481 e. The number of thiazole rings is 1. The summed E-state index contributed by atoms with van der Waals surface area (Å²) in [5.74, 6) is -1.59. The molecule has 9 nitrogen and oxygen atoms in total. The molecule has 198 valence electrons. The Balaban J connectivity index is 1.66. The zero-order chi connectivity index (χ0) is 27.2. The first kappa shape index (κ1) is 26.7. The van der Waals surface area contributed by atoms with E-state index in [1.807, 2.05) is 0 Å². The first-order valence-electron chi connectivity index (χ1n) is 11.3. The molecule has 0 radical (unpaired) electrons. The zero-order valence-corrected chi connectivity index (χ0v) is 21.2. The normalized spacial score (nSPS) is 11.8. The van der Waals surface area contributed by atoms with Crippen LogP contribution < -0.4 is 14.4 Å². The summed E-state index contributed by atoms with van der Waals surface area (Å²) < 4.78 is 40.8. The van der Waals surface area contributed by atoms with Crippen LogP contribution in [0.25, 0.3) is 22.4 Å². The van der Waals surface area contributed by atoms with Gasteiger partial charge < -0.3 is 19.0 Å². The number of hydrogen-bond acceptors (Lipinski definition) is 8. The molecule has 0 aliphatic carbocycles. The number of carbonyl (C=O) groups excluding carboxylic acids is 1. The highest BCUT2D eigenvalue weighted by Crippen LogP contribution is 2.37. The number of rotatable bonds is 11. The molecule has 4 rings (SSSR count). The van der Waals surface area contributed by atoms with Gasteiger partial charge in [0, 0.05) is 42.2 Å². The molecular weight excluding hydrogens is 520 g/mol. The minimum atomic E-state index is -3.01. The van der Waals surface area contributed by atoms with Crippen molar-refractivity contribution in [3.63, 3.8) is 0 Å². The average molecular weight is 544 g/mol. The molecular formula is C26H23F2N3O6S. The van der Waals surface area contributed by atoms with E-state index in [9.17, 15) is 23.5 Å². The van der Waals surface area contributed by atoms with Crippen LogP contribution in [0.2, 0.25) is 0 Å². The van der Waals surface area contributed by atoms with E-state index in [1.54, 1.807) is 41.9 Å². The van der Waals surface area contributed by atoms with Crippen LogP contribution in [-0.2, 0) is 16.0 Å². The second kappa shape index (κ2) is 11.8. The van der Waals surface area contributed by atoms with Crippen molar-refractivity contribution in [1.82, 2.24) is 9.97 Å². The second-order valence-corrected chi connectivity index (χ2v) is 9.00. The topological polar surface area (TPSA) is 115 Å². The fraction of sp³-hybridized carbons (Fsp3) is 0.231. The number of ether oxygens (including phenoxy) is 2. The quantitative estimate of drug-likeness (QED) is 0.268. The van der Waals surface area contributed by atoms with E-state index in [1.165, 1.54) is 37.5 Å². The van der Waals surface area contributed by atoms with Crippen LogP contribution in [0.1, 0.15) is 12.2 Å². The van der Waals surface area contributed by atoms with Gasteiger partial charge in [0.15, 0.2) is 5.13 Å². The van der Waals surface area contributed by atoms with Crippen LogP contribution in [0.15, 0.2) is 64.7 Å². The number of amides is 1. The van der Waals surface area contributed by atoms with Gasteiger partial charge in [0.05, 0.1) is 31.4 Å². The maximum atomic E-state index is 13.2. The molecule has 0 aliphatic rings. The van der Waals surface area contributed by atoms with E-state index < -0.39 is 24.4 Å². The van der Waals surface area contributed by atoms with Crippen molar-refractivity contribution < 1.29 is 37.4 Å². The van der Waals surface area contributed by atoms with Gasteiger partial charge in [-0.2, -0.15) is 8.78 Å². The Morgan fingerprint density at radius 2 is 2.00 bits per heavy atom. The summed E-state index contributed by atoms with van der Waals surface area (Å²) in [6, 6.07) is 11.3. The Labute approximate surface area is 220 Å². The molecule has 3 aromatic heterocycles. The maximum absolute atomic E-state index is 13.2. The first-order chi connectivity index (χ1) is 18.2. The fourth-order valence-electron chi connectivity index (χ4n) is 3.86. The van der Waals surface area contributed by atoms with Crippen molar-refractivity contribution >= 4 is 28.3 Å². The Morgan fingerprint density at radius 3 is 2.63 bits per heavy atom. The van der Waals surface area contributed by atoms with Crippen molar-refractivity contribution in [2.75, 3.05) is 19.1 Å². The van der Waals surface area contributed by atoms with Crippen LogP contribution in [-0.4, -0.2) is 47.7 Å². The number of aromatic nitrogens is 2. The molecule has 1 aromatic carbocycles. The molecule has 1 amide bonds. The summed E-state index contributed by atoms with van der Waals surface area (Å²) in [6.07, 6.45) is 2.77. The van der Waals surface area contributed by atoms with Gasteiger partial charge in [-0.3, -0.25) is 14.5 Å². The van der Waals surface area contributed by atoms with Gasteiger partial charge in [-0.1, -0.05) is 0 Å². The zero-order valence-electron chi connectivity index (χ0n) is 20.3. The van der Waals surface area contributed by atoms with Crippen LogP contribution in [0.4, 0.5) is 13.9 Å². The number of pyridine rings is 1. The molecule has 0 saturated carbocycles. The van der Waals surface area contributed by atoms with Gasteiger partial charge >= 0.3 is 12.6 Å². The number of benzene rings is 1. The number of nitrogens with zero attached hydrogens (tertiary/aromatic N) is 3. The molecule has 12 heteroatoms. The summed E-state index contributed by atoms with van der Waals surface area (Å²) in [5.41, 5.74) is 2.23. The van der Waals surface area contributed by atoms with Crippen molar-refractivity contribution in [1.29, 1.82) is 0 Å². The lowest BCUT2D eigenvalue weighted by Gasteiger charge is -2.20. The van der Waals surface area contributed by atoms with Gasteiger partial charge in [0.1, 0.15) is 11.5 Å². The lowest BCUT2D eigenvalue weighted by Crippen LogP contribution is -2.35. The fourth-order valence-corrected chi connectivity index (χ4v) is 4.66.